The van der Waals surface area contributed by atoms with Gasteiger partial charge in [-0.2, -0.15) is 10.1 Å². The molecule has 0 unspecified atom stereocenters. The monoisotopic (exact) mass is 389 g/mol. The zero-order valence-corrected chi connectivity index (χ0v) is 15.6. The average Bonchev–Trinajstić information content (AvgIpc) is 3.44. The summed E-state index contributed by atoms with van der Waals surface area (Å²) >= 11 is 0. The Morgan fingerprint density at radius 3 is 2.79 bits per heavy atom. The second kappa shape index (κ2) is 8.87. The van der Waals surface area contributed by atoms with Crippen molar-refractivity contribution < 1.29 is 9.32 Å². The minimum Gasteiger partial charge on any atom is -0.352 e. The zero-order chi connectivity index (χ0) is 19.9. The van der Waals surface area contributed by atoms with Gasteiger partial charge in [0.15, 0.2) is 0 Å². The van der Waals surface area contributed by atoms with Crippen molar-refractivity contribution in [2.45, 2.75) is 25.9 Å². The molecular weight excluding hydrogens is 370 g/mol. The molecule has 146 valence electrons. The number of hydrogen-bond donors (Lipinski definition) is 1. The minimum atomic E-state index is -0.0738. The molecule has 1 N–H and O–H groups in total. The van der Waals surface area contributed by atoms with Gasteiger partial charge in [0.25, 0.3) is 0 Å². The number of carbonyl (C=O) groups excluding carboxylic acids is 1. The van der Waals surface area contributed by atoms with Crippen molar-refractivity contribution in [3.8, 4) is 11.4 Å². The smallest absolute Gasteiger partial charge is 0.227 e. The third-order valence-electron chi connectivity index (χ3n) is 4.26. The molecule has 4 aromatic rings. The summed E-state index contributed by atoms with van der Waals surface area (Å²) in [6.07, 6.45) is 7.17. The van der Waals surface area contributed by atoms with Gasteiger partial charge < -0.3 is 9.84 Å². The SMILES string of the molecule is O=C(CCc1nc(-c2ccncc2)no1)NCc1cccc(Cn2cncn2)c1. The second-order valence-electron chi connectivity index (χ2n) is 6.44. The molecule has 9 heteroatoms. The molecule has 3 aromatic heterocycles. The lowest BCUT2D eigenvalue weighted by Gasteiger charge is -2.07. The van der Waals surface area contributed by atoms with Crippen molar-refractivity contribution in [2.24, 2.45) is 0 Å². The number of aromatic nitrogens is 6. The first-order valence-corrected chi connectivity index (χ1v) is 9.16. The fourth-order valence-electron chi connectivity index (χ4n) is 2.82. The minimum absolute atomic E-state index is 0.0738. The Balaban J connectivity index is 1.26. The largest absolute Gasteiger partial charge is 0.352 e. The Morgan fingerprint density at radius 1 is 1.10 bits per heavy atom. The molecule has 0 atom stereocenters. The van der Waals surface area contributed by atoms with Crippen LogP contribution in [0.5, 0.6) is 0 Å². The van der Waals surface area contributed by atoms with E-state index in [1.165, 1.54) is 6.33 Å². The molecule has 1 amide bonds. The van der Waals surface area contributed by atoms with Crippen LogP contribution in [0.3, 0.4) is 0 Å². The Labute approximate surface area is 166 Å². The van der Waals surface area contributed by atoms with Gasteiger partial charge in [-0.1, -0.05) is 29.4 Å². The van der Waals surface area contributed by atoms with Gasteiger partial charge in [0.2, 0.25) is 17.6 Å². The Kier molecular flexibility index (Phi) is 5.65. The molecule has 9 nitrogen and oxygen atoms in total. The molecule has 0 spiro atoms. The predicted molar refractivity (Wildman–Crippen MR) is 103 cm³/mol. The van der Waals surface area contributed by atoms with Crippen LogP contribution >= 0.6 is 0 Å². The number of hydrogen-bond acceptors (Lipinski definition) is 7. The molecule has 0 radical (unpaired) electrons. The summed E-state index contributed by atoms with van der Waals surface area (Å²) in [5, 5.41) is 11.0. The van der Waals surface area contributed by atoms with E-state index in [1.807, 2.05) is 24.3 Å². The lowest BCUT2D eigenvalue weighted by atomic mass is 10.1. The van der Waals surface area contributed by atoms with E-state index in [0.29, 0.717) is 31.2 Å². The van der Waals surface area contributed by atoms with Crippen molar-refractivity contribution >= 4 is 5.91 Å². The first-order valence-electron chi connectivity index (χ1n) is 9.16. The fraction of sp³-hybridized carbons (Fsp3) is 0.200. The average molecular weight is 389 g/mol. The van der Waals surface area contributed by atoms with Crippen LogP contribution in [0.4, 0.5) is 0 Å². The number of carbonyl (C=O) groups is 1. The summed E-state index contributed by atoms with van der Waals surface area (Å²) in [5.74, 6) is 0.851. The molecule has 4 rings (SSSR count). The van der Waals surface area contributed by atoms with Crippen molar-refractivity contribution in [1.29, 1.82) is 0 Å². The van der Waals surface area contributed by atoms with Gasteiger partial charge in [-0.15, -0.1) is 0 Å². The molecule has 29 heavy (non-hydrogen) atoms. The summed E-state index contributed by atoms with van der Waals surface area (Å²) in [4.78, 5) is 24.4. The summed E-state index contributed by atoms with van der Waals surface area (Å²) in [6.45, 7) is 1.09. The van der Waals surface area contributed by atoms with Gasteiger partial charge in [0, 0.05) is 37.3 Å². The van der Waals surface area contributed by atoms with E-state index in [0.717, 1.165) is 16.7 Å². The van der Waals surface area contributed by atoms with Crippen LogP contribution in [0, 0.1) is 0 Å². The van der Waals surface area contributed by atoms with Gasteiger partial charge >= 0.3 is 0 Å². The topological polar surface area (TPSA) is 112 Å². The van der Waals surface area contributed by atoms with E-state index in [2.05, 4.69) is 30.5 Å². The first kappa shape index (κ1) is 18.5. The van der Waals surface area contributed by atoms with E-state index in [9.17, 15) is 4.79 Å². The predicted octanol–water partition coefficient (Wildman–Crippen LogP) is 2.02. The molecule has 0 aliphatic rings. The normalized spacial score (nSPS) is 10.8. The molecule has 0 saturated heterocycles. The van der Waals surface area contributed by atoms with E-state index in [4.69, 9.17) is 4.52 Å². The highest BCUT2D eigenvalue weighted by Crippen LogP contribution is 2.14. The first-order chi connectivity index (χ1) is 14.3. The molecular formula is C20H19N7O2. The van der Waals surface area contributed by atoms with E-state index in [1.54, 1.807) is 35.5 Å². The van der Waals surface area contributed by atoms with Crippen LogP contribution in [0.2, 0.25) is 0 Å². The van der Waals surface area contributed by atoms with Crippen LogP contribution in [0.1, 0.15) is 23.4 Å². The number of benzene rings is 1. The lowest BCUT2D eigenvalue weighted by molar-refractivity contribution is -0.121. The summed E-state index contributed by atoms with van der Waals surface area (Å²) in [5.41, 5.74) is 2.94. The summed E-state index contributed by atoms with van der Waals surface area (Å²) < 4.78 is 6.98. The highest BCUT2D eigenvalue weighted by molar-refractivity contribution is 5.76. The Bertz CT molecular complexity index is 1060. The Morgan fingerprint density at radius 2 is 1.97 bits per heavy atom. The van der Waals surface area contributed by atoms with Gasteiger partial charge in [-0.05, 0) is 23.3 Å². The standard InChI is InChI=1S/C20H19N7O2/c28-18(4-5-19-25-20(26-29-19)17-6-8-21-9-7-17)23-11-15-2-1-3-16(10-15)12-27-14-22-13-24-27/h1-3,6-10,13-14H,4-5,11-12H2,(H,23,28). The lowest BCUT2D eigenvalue weighted by Crippen LogP contribution is -2.23. The van der Waals surface area contributed by atoms with Gasteiger partial charge in [-0.3, -0.25) is 9.78 Å². The highest BCUT2D eigenvalue weighted by atomic mass is 16.5. The molecule has 0 aliphatic carbocycles. The highest BCUT2D eigenvalue weighted by Gasteiger charge is 2.10. The third-order valence-corrected chi connectivity index (χ3v) is 4.26. The van der Waals surface area contributed by atoms with Gasteiger partial charge in [0.05, 0.1) is 6.54 Å². The molecule has 1 aromatic carbocycles. The van der Waals surface area contributed by atoms with E-state index < -0.39 is 0 Å². The second-order valence-corrected chi connectivity index (χ2v) is 6.44. The molecule has 0 saturated carbocycles. The summed E-state index contributed by atoms with van der Waals surface area (Å²) in [6, 6.07) is 11.6. The fourth-order valence-corrected chi connectivity index (χ4v) is 2.82. The Hall–Kier alpha value is -3.88. The molecule has 0 fully saturated rings. The number of nitrogens with one attached hydrogen (secondary N) is 1. The van der Waals surface area contributed by atoms with E-state index >= 15 is 0 Å². The number of rotatable bonds is 8. The van der Waals surface area contributed by atoms with Crippen LogP contribution < -0.4 is 5.32 Å². The van der Waals surface area contributed by atoms with Crippen LogP contribution in [-0.4, -0.2) is 35.8 Å². The van der Waals surface area contributed by atoms with Crippen LogP contribution in [0.15, 0.2) is 66.0 Å². The third kappa shape index (κ3) is 5.10. The molecule has 0 bridgehead atoms. The van der Waals surface area contributed by atoms with Crippen LogP contribution in [-0.2, 0) is 24.3 Å². The summed E-state index contributed by atoms with van der Waals surface area (Å²) in [7, 11) is 0. The zero-order valence-electron chi connectivity index (χ0n) is 15.6. The number of amides is 1. The maximum atomic E-state index is 12.2. The van der Waals surface area contributed by atoms with E-state index in [-0.39, 0.29) is 12.3 Å². The number of nitrogens with zero attached hydrogens (tertiary/aromatic N) is 6. The molecule has 0 aliphatic heterocycles. The van der Waals surface area contributed by atoms with Crippen LogP contribution in [0.25, 0.3) is 11.4 Å². The number of aryl methyl sites for hydroxylation is 1. The van der Waals surface area contributed by atoms with Gasteiger partial charge in [0.1, 0.15) is 12.7 Å². The van der Waals surface area contributed by atoms with Crippen molar-refractivity contribution in [1.82, 2.24) is 35.2 Å². The maximum Gasteiger partial charge on any atom is 0.227 e. The molecule has 3 heterocycles. The maximum absolute atomic E-state index is 12.2. The van der Waals surface area contributed by atoms with Crippen molar-refractivity contribution in [3.63, 3.8) is 0 Å². The van der Waals surface area contributed by atoms with Gasteiger partial charge in [-0.25, -0.2) is 9.67 Å². The number of pyridine rings is 1. The van der Waals surface area contributed by atoms with Crippen molar-refractivity contribution in [3.05, 3.63) is 78.5 Å². The van der Waals surface area contributed by atoms with Crippen molar-refractivity contribution in [2.75, 3.05) is 0 Å². The quantitative estimate of drug-likeness (QED) is 0.491.